The molecule has 1 aliphatic heterocycles. The minimum Gasteiger partial charge on any atom is -0.503 e. The Morgan fingerprint density at radius 1 is 1.26 bits per heavy atom. The van der Waals surface area contributed by atoms with Crippen LogP contribution in [0.2, 0.25) is 0 Å². The number of aromatic nitrogens is 1. The summed E-state index contributed by atoms with van der Waals surface area (Å²) in [4.78, 5) is 29.6. The summed E-state index contributed by atoms with van der Waals surface area (Å²) in [5.74, 6) is -1.87. The number of rotatable bonds is 8. The number of benzene rings is 1. The van der Waals surface area contributed by atoms with Crippen LogP contribution in [0.5, 0.6) is 11.5 Å². The minimum absolute atomic E-state index is 0.0910. The molecule has 1 aromatic heterocycles. The van der Waals surface area contributed by atoms with Crippen LogP contribution in [0.25, 0.3) is 0 Å². The van der Waals surface area contributed by atoms with Gasteiger partial charge in [-0.25, -0.2) is 9.78 Å². The van der Waals surface area contributed by atoms with Gasteiger partial charge in [-0.05, 0) is 25.8 Å². The van der Waals surface area contributed by atoms with Crippen LogP contribution >= 0.6 is 0 Å². The standard InChI is InChI=1S/C26H32N2O7/c1-16(2)13-34-24-17(3)35-26(31)20(15-33-14-19(24)12-18-8-6-5-7-9-18)28-25(30)22-23(29)21(32-4)10-11-27-22/h5-11,17,19-20,24,29H,1,12-15H2,2-4H3,(H,28,30)/t17-,19-,20-,24-/m0/s1. The van der Waals surface area contributed by atoms with Crippen molar-refractivity contribution in [2.75, 3.05) is 26.9 Å². The lowest BCUT2D eigenvalue weighted by atomic mass is 9.91. The van der Waals surface area contributed by atoms with Gasteiger partial charge in [-0.15, -0.1) is 0 Å². The van der Waals surface area contributed by atoms with E-state index in [0.29, 0.717) is 13.0 Å². The van der Waals surface area contributed by atoms with E-state index < -0.39 is 35.9 Å². The van der Waals surface area contributed by atoms with Crippen molar-refractivity contribution in [1.29, 1.82) is 0 Å². The second kappa shape index (κ2) is 12.3. The molecule has 2 N–H and O–H groups in total. The fraction of sp³-hybridized carbons (Fsp3) is 0.423. The Balaban J connectivity index is 1.78. The zero-order valence-corrected chi connectivity index (χ0v) is 20.2. The second-order valence-electron chi connectivity index (χ2n) is 8.60. The smallest absolute Gasteiger partial charge is 0.331 e. The maximum Gasteiger partial charge on any atom is 0.331 e. The van der Waals surface area contributed by atoms with Crippen molar-refractivity contribution in [3.8, 4) is 11.5 Å². The number of nitrogens with zero attached hydrogens (tertiary/aromatic N) is 1. The van der Waals surface area contributed by atoms with Gasteiger partial charge >= 0.3 is 5.97 Å². The fourth-order valence-corrected chi connectivity index (χ4v) is 3.91. The van der Waals surface area contributed by atoms with Gasteiger partial charge in [-0.1, -0.05) is 42.5 Å². The van der Waals surface area contributed by atoms with Crippen molar-refractivity contribution in [2.24, 2.45) is 5.92 Å². The molecule has 1 fully saturated rings. The number of carbonyl (C=O) groups is 2. The molecule has 188 valence electrons. The number of esters is 1. The molecule has 35 heavy (non-hydrogen) atoms. The summed E-state index contributed by atoms with van der Waals surface area (Å²) in [5, 5.41) is 12.8. The summed E-state index contributed by atoms with van der Waals surface area (Å²) in [6.45, 7) is 8.01. The SMILES string of the molecule is C=C(C)CO[C@@H]1[C@@H](Cc2ccccc2)COC[C@H](NC(=O)c2nccc(OC)c2O)C(=O)O[C@H]1C. The second-order valence-corrected chi connectivity index (χ2v) is 8.60. The van der Waals surface area contributed by atoms with Crippen LogP contribution in [0, 0.1) is 5.92 Å². The van der Waals surface area contributed by atoms with E-state index in [1.807, 2.05) is 37.3 Å². The molecule has 2 heterocycles. The van der Waals surface area contributed by atoms with Crippen LogP contribution in [0.1, 0.15) is 29.9 Å². The molecule has 3 rings (SSSR count). The third-order valence-electron chi connectivity index (χ3n) is 5.62. The highest BCUT2D eigenvalue weighted by Gasteiger charge is 2.36. The van der Waals surface area contributed by atoms with Gasteiger partial charge in [-0.3, -0.25) is 4.79 Å². The summed E-state index contributed by atoms with van der Waals surface area (Å²) < 4.78 is 22.7. The Kier molecular flexibility index (Phi) is 9.22. The summed E-state index contributed by atoms with van der Waals surface area (Å²) in [6, 6.07) is 10.2. The molecule has 9 nitrogen and oxygen atoms in total. The fourth-order valence-electron chi connectivity index (χ4n) is 3.91. The summed E-state index contributed by atoms with van der Waals surface area (Å²) in [7, 11) is 1.36. The van der Waals surface area contributed by atoms with E-state index in [-0.39, 0.29) is 30.6 Å². The number of ether oxygens (including phenoxy) is 4. The van der Waals surface area contributed by atoms with Crippen molar-refractivity contribution in [3.63, 3.8) is 0 Å². The van der Waals surface area contributed by atoms with E-state index in [1.54, 1.807) is 6.92 Å². The lowest BCUT2D eigenvalue weighted by Gasteiger charge is -2.31. The number of hydrogen-bond acceptors (Lipinski definition) is 8. The molecule has 0 radical (unpaired) electrons. The number of cyclic esters (lactones) is 1. The number of hydrogen-bond donors (Lipinski definition) is 2. The molecule has 1 aliphatic rings. The molecule has 0 aliphatic carbocycles. The van der Waals surface area contributed by atoms with Gasteiger partial charge in [0.15, 0.2) is 23.2 Å². The molecule has 0 saturated carbocycles. The topological polar surface area (TPSA) is 116 Å². The zero-order chi connectivity index (χ0) is 25.4. The molecule has 0 bridgehead atoms. The van der Waals surface area contributed by atoms with Crippen molar-refractivity contribution in [3.05, 3.63) is 66.0 Å². The van der Waals surface area contributed by atoms with E-state index in [0.717, 1.165) is 11.1 Å². The van der Waals surface area contributed by atoms with Gasteiger partial charge in [0.2, 0.25) is 0 Å². The highest BCUT2D eigenvalue weighted by atomic mass is 16.6. The molecule has 9 heteroatoms. The van der Waals surface area contributed by atoms with E-state index in [9.17, 15) is 14.7 Å². The lowest BCUT2D eigenvalue weighted by molar-refractivity contribution is -0.159. The van der Waals surface area contributed by atoms with Gasteiger partial charge in [0.25, 0.3) is 5.91 Å². The van der Waals surface area contributed by atoms with Crippen molar-refractivity contribution < 1.29 is 33.6 Å². The largest absolute Gasteiger partial charge is 0.503 e. The first kappa shape index (κ1) is 26.2. The van der Waals surface area contributed by atoms with Gasteiger partial charge in [0.1, 0.15) is 6.10 Å². The van der Waals surface area contributed by atoms with Crippen LogP contribution < -0.4 is 10.1 Å². The first-order valence-corrected chi connectivity index (χ1v) is 11.4. The lowest BCUT2D eigenvalue weighted by Crippen LogP contribution is -2.46. The predicted molar refractivity (Wildman–Crippen MR) is 128 cm³/mol. The first-order chi connectivity index (χ1) is 16.8. The molecule has 4 atom stereocenters. The third-order valence-corrected chi connectivity index (χ3v) is 5.62. The molecule has 0 unspecified atom stereocenters. The number of methoxy groups -OCH3 is 1. The highest BCUT2D eigenvalue weighted by Crippen LogP contribution is 2.28. The van der Waals surface area contributed by atoms with Crippen LogP contribution in [-0.4, -0.2) is 67.1 Å². The van der Waals surface area contributed by atoms with Crippen molar-refractivity contribution in [2.45, 2.75) is 38.5 Å². The highest BCUT2D eigenvalue weighted by molar-refractivity contribution is 5.98. The van der Waals surface area contributed by atoms with E-state index >= 15 is 0 Å². The number of amides is 1. The molecule has 1 amide bonds. The average molecular weight is 485 g/mol. The normalized spacial score (nSPS) is 22.8. The Bertz CT molecular complexity index is 1030. The summed E-state index contributed by atoms with van der Waals surface area (Å²) in [5.41, 5.74) is 1.68. The quantitative estimate of drug-likeness (QED) is 0.434. The van der Waals surface area contributed by atoms with Crippen LogP contribution in [0.4, 0.5) is 0 Å². The zero-order valence-electron chi connectivity index (χ0n) is 20.2. The Morgan fingerprint density at radius 3 is 2.69 bits per heavy atom. The Labute approximate surface area is 205 Å². The number of pyridine rings is 1. The molecular formula is C26H32N2O7. The average Bonchev–Trinajstić information content (AvgIpc) is 2.87. The van der Waals surface area contributed by atoms with Crippen LogP contribution in [-0.2, 0) is 25.4 Å². The molecule has 2 aromatic rings. The minimum atomic E-state index is -1.10. The Hall–Kier alpha value is -3.43. The molecular weight excluding hydrogens is 452 g/mol. The van der Waals surface area contributed by atoms with Gasteiger partial charge in [0.05, 0.1) is 33.0 Å². The molecule has 0 spiro atoms. The summed E-state index contributed by atoms with van der Waals surface area (Å²) >= 11 is 0. The van der Waals surface area contributed by atoms with Crippen molar-refractivity contribution in [1.82, 2.24) is 10.3 Å². The van der Waals surface area contributed by atoms with E-state index in [2.05, 4.69) is 16.9 Å². The van der Waals surface area contributed by atoms with Gasteiger partial charge < -0.3 is 29.4 Å². The number of aromatic hydroxyl groups is 1. The first-order valence-electron chi connectivity index (χ1n) is 11.4. The van der Waals surface area contributed by atoms with Gasteiger partial charge in [-0.2, -0.15) is 0 Å². The summed E-state index contributed by atoms with van der Waals surface area (Å²) in [6.07, 6.45) is 0.919. The third kappa shape index (κ3) is 7.03. The maximum absolute atomic E-state index is 13.0. The molecule has 1 aromatic carbocycles. The Morgan fingerprint density at radius 2 is 2.00 bits per heavy atom. The molecule has 1 saturated heterocycles. The van der Waals surface area contributed by atoms with Crippen LogP contribution in [0.15, 0.2) is 54.7 Å². The number of carbonyl (C=O) groups excluding carboxylic acids is 2. The predicted octanol–water partition coefficient (Wildman–Crippen LogP) is 2.68. The van der Waals surface area contributed by atoms with Crippen LogP contribution in [0.3, 0.4) is 0 Å². The number of nitrogens with one attached hydrogen (secondary N) is 1. The van der Waals surface area contributed by atoms with E-state index in [4.69, 9.17) is 18.9 Å². The van der Waals surface area contributed by atoms with Gasteiger partial charge in [0, 0.05) is 18.2 Å². The maximum atomic E-state index is 13.0. The van der Waals surface area contributed by atoms with E-state index in [1.165, 1.54) is 19.4 Å². The monoisotopic (exact) mass is 484 g/mol. The van der Waals surface area contributed by atoms with Crippen molar-refractivity contribution >= 4 is 11.9 Å².